The minimum Gasteiger partial charge on any atom is -0.452 e. The van der Waals surface area contributed by atoms with E-state index in [0.29, 0.717) is 5.56 Å². The molecule has 7 heteroatoms. The highest BCUT2D eigenvalue weighted by atomic mass is 16.5. The Bertz CT molecular complexity index is 952. The van der Waals surface area contributed by atoms with Gasteiger partial charge in [0, 0.05) is 24.2 Å². The van der Waals surface area contributed by atoms with E-state index in [1.807, 2.05) is 24.3 Å². The summed E-state index contributed by atoms with van der Waals surface area (Å²) >= 11 is 0. The van der Waals surface area contributed by atoms with Crippen molar-refractivity contribution in [1.82, 2.24) is 15.2 Å². The Morgan fingerprint density at radius 1 is 1.21 bits per heavy atom. The van der Waals surface area contributed by atoms with Gasteiger partial charge in [-0.15, -0.1) is 0 Å². The van der Waals surface area contributed by atoms with E-state index >= 15 is 0 Å². The van der Waals surface area contributed by atoms with E-state index < -0.39 is 18.5 Å². The van der Waals surface area contributed by atoms with Gasteiger partial charge in [-0.1, -0.05) is 18.2 Å². The number of aromatic nitrogens is 1. The van der Waals surface area contributed by atoms with Crippen LogP contribution in [-0.2, 0) is 27.2 Å². The zero-order valence-electron chi connectivity index (χ0n) is 15.9. The highest BCUT2D eigenvalue weighted by Crippen LogP contribution is 2.30. The van der Waals surface area contributed by atoms with Crippen LogP contribution in [0, 0.1) is 0 Å². The Hall–Kier alpha value is -2.96. The SMILES string of the molecule is CN(CC(=O)NC1CC1)C(=O)COC(=O)c1c2c(nc3ccccc13)CCC2. The molecule has 1 fully saturated rings. The molecule has 146 valence electrons. The molecule has 1 heterocycles. The summed E-state index contributed by atoms with van der Waals surface area (Å²) in [7, 11) is 1.53. The van der Waals surface area contributed by atoms with Gasteiger partial charge in [0.25, 0.3) is 5.91 Å². The molecule has 0 saturated heterocycles. The van der Waals surface area contributed by atoms with Gasteiger partial charge in [-0.3, -0.25) is 14.6 Å². The number of hydrogen-bond donors (Lipinski definition) is 1. The molecule has 0 bridgehead atoms. The number of para-hydroxylation sites is 1. The van der Waals surface area contributed by atoms with Crippen molar-refractivity contribution >= 4 is 28.7 Å². The lowest BCUT2D eigenvalue weighted by Crippen LogP contribution is -2.40. The molecule has 2 aliphatic rings. The third kappa shape index (κ3) is 3.83. The number of aryl methyl sites for hydroxylation is 1. The number of likely N-dealkylation sites (N-methyl/N-ethyl adjacent to an activating group) is 1. The molecule has 28 heavy (non-hydrogen) atoms. The summed E-state index contributed by atoms with van der Waals surface area (Å²) in [5.41, 5.74) is 3.13. The number of esters is 1. The summed E-state index contributed by atoms with van der Waals surface area (Å²) in [4.78, 5) is 42.8. The molecule has 4 rings (SSSR count). The zero-order chi connectivity index (χ0) is 19.7. The van der Waals surface area contributed by atoms with E-state index in [-0.39, 0.29) is 18.5 Å². The van der Waals surface area contributed by atoms with Gasteiger partial charge in [-0.25, -0.2) is 4.79 Å². The Morgan fingerprint density at radius 3 is 2.79 bits per heavy atom. The third-order valence-corrected chi connectivity index (χ3v) is 5.20. The van der Waals surface area contributed by atoms with Gasteiger partial charge >= 0.3 is 5.97 Å². The summed E-state index contributed by atoms with van der Waals surface area (Å²) in [6.45, 7) is -0.433. The maximum absolute atomic E-state index is 12.8. The van der Waals surface area contributed by atoms with Crippen LogP contribution in [0.15, 0.2) is 24.3 Å². The molecule has 1 saturated carbocycles. The molecule has 2 amide bonds. The molecule has 1 aromatic heterocycles. The Labute approximate surface area is 163 Å². The number of carbonyl (C=O) groups is 3. The van der Waals surface area contributed by atoms with Crippen LogP contribution in [0.1, 0.15) is 40.9 Å². The van der Waals surface area contributed by atoms with Crippen LogP contribution >= 0.6 is 0 Å². The van der Waals surface area contributed by atoms with Gasteiger partial charge in [0.05, 0.1) is 17.6 Å². The van der Waals surface area contributed by atoms with Gasteiger partial charge in [0.1, 0.15) is 0 Å². The second kappa shape index (κ2) is 7.58. The van der Waals surface area contributed by atoms with Gasteiger partial charge in [-0.2, -0.15) is 0 Å². The number of rotatable bonds is 6. The lowest BCUT2D eigenvalue weighted by atomic mass is 10.0. The quantitative estimate of drug-likeness (QED) is 0.768. The van der Waals surface area contributed by atoms with E-state index in [1.54, 1.807) is 0 Å². The molecule has 7 nitrogen and oxygen atoms in total. The summed E-state index contributed by atoms with van der Waals surface area (Å²) < 4.78 is 5.33. The molecule has 1 aromatic carbocycles. The lowest BCUT2D eigenvalue weighted by molar-refractivity contribution is -0.137. The van der Waals surface area contributed by atoms with Crippen molar-refractivity contribution in [2.24, 2.45) is 0 Å². The minimum atomic E-state index is -0.513. The van der Waals surface area contributed by atoms with Gasteiger partial charge in [0.2, 0.25) is 5.91 Å². The Kier molecular flexibility index (Phi) is 4.98. The average Bonchev–Trinajstić information content (AvgIpc) is 3.37. The van der Waals surface area contributed by atoms with Crippen LogP contribution in [0.5, 0.6) is 0 Å². The fraction of sp³-hybridized carbons (Fsp3) is 0.429. The summed E-state index contributed by atoms with van der Waals surface area (Å²) in [5, 5.41) is 3.58. The summed E-state index contributed by atoms with van der Waals surface area (Å²) in [5.74, 6) is -1.11. The first-order valence-corrected chi connectivity index (χ1v) is 9.64. The van der Waals surface area contributed by atoms with Crippen LogP contribution in [-0.4, -0.2) is 53.9 Å². The van der Waals surface area contributed by atoms with Gasteiger partial charge in [0.15, 0.2) is 6.61 Å². The predicted molar refractivity (Wildman–Crippen MR) is 103 cm³/mol. The molecule has 2 aliphatic carbocycles. The molecule has 0 radical (unpaired) electrons. The normalized spacial score (nSPS) is 15.2. The van der Waals surface area contributed by atoms with E-state index in [4.69, 9.17) is 4.74 Å². The molecule has 1 N–H and O–H groups in total. The monoisotopic (exact) mass is 381 g/mol. The van der Waals surface area contributed by atoms with Crippen LogP contribution < -0.4 is 5.32 Å². The van der Waals surface area contributed by atoms with E-state index in [9.17, 15) is 14.4 Å². The highest BCUT2D eigenvalue weighted by molar-refractivity contribution is 6.05. The fourth-order valence-electron chi connectivity index (χ4n) is 3.56. The van der Waals surface area contributed by atoms with Crippen LogP contribution in [0.25, 0.3) is 10.9 Å². The van der Waals surface area contributed by atoms with Crippen molar-refractivity contribution in [3.8, 4) is 0 Å². The average molecular weight is 381 g/mol. The van der Waals surface area contributed by atoms with E-state index in [2.05, 4.69) is 10.3 Å². The predicted octanol–water partition coefficient (Wildman–Crippen LogP) is 1.62. The smallest absolute Gasteiger partial charge is 0.339 e. The van der Waals surface area contributed by atoms with Crippen LogP contribution in [0.3, 0.4) is 0 Å². The number of fused-ring (bicyclic) bond motifs is 2. The topological polar surface area (TPSA) is 88.6 Å². The number of carbonyl (C=O) groups excluding carboxylic acids is 3. The number of nitrogens with one attached hydrogen (secondary N) is 1. The first-order valence-electron chi connectivity index (χ1n) is 9.64. The zero-order valence-corrected chi connectivity index (χ0v) is 15.9. The molecule has 0 atom stereocenters. The third-order valence-electron chi connectivity index (χ3n) is 5.20. The minimum absolute atomic E-state index is 0.0412. The van der Waals surface area contributed by atoms with Crippen molar-refractivity contribution in [2.75, 3.05) is 20.2 Å². The molecule has 0 unspecified atom stereocenters. The first kappa shape index (κ1) is 18.4. The molecule has 2 aromatic rings. The standard InChI is InChI=1S/C21H23N3O4/c1-24(11-18(25)22-13-9-10-13)19(26)12-28-21(27)20-14-5-2-3-7-16(14)23-17-8-4-6-15(17)20/h2-3,5,7,13H,4,6,8-12H2,1H3,(H,22,25). The van der Waals surface area contributed by atoms with Gasteiger partial charge < -0.3 is 15.0 Å². The fourth-order valence-corrected chi connectivity index (χ4v) is 3.56. The number of hydrogen-bond acceptors (Lipinski definition) is 5. The molecular formula is C21H23N3O4. The van der Waals surface area contributed by atoms with Crippen molar-refractivity contribution < 1.29 is 19.1 Å². The number of benzene rings is 1. The summed E-state index contributed by atoms with van der Waals surface area (Å²) in [6.07, 6.45) is 4.57. The maximum atomic E-state index is 12.8. The van der Waals surface area contributed by atoms with Crippen molar-refractivity contribution in [3.63, 3.8) is 0 Å². The van der Waals surface area contributed by atoms with Crippen molar-refractivity contribution in [2.45, 2.75) is 38.1 Å². The lowest BCUT2D eigenvalue weighted by Gasteiger charge is -2.17. The number of ether oxygens (including phenoxy) is 1. The van der Waals surface area contributed by atoms with Crippen LogP contribution in [0.4, 0.5) is 0 Å². The van der Waals surface area contributed by atoms with Gasteiger partial charge in [-0.05, 0) is 43.7 Å². The second-order valence-electron chi connectivity index (χ2n) is 7.45. The van der Waals surface area contributed by atoms with E-state index in [0.717, 1.165) is 54.3 Å². The summed E-state index contributed by atoms with van der Waals surface area (Å²) in [6, 6.07) is 7.72. The van der Waals surface area contributed by atoms with Crippen LogP contribution in [0.2, 0.25) is 0 Å². The Balaban J connectivity index is 1.44. The molecule has 0 spiro atoms. The van der Waals surface area contributed by atoms with Crippen molar-refractivity contribution in [1.29, 1.82) is 0 Å². The molecular weight excluding hydrogens is 358 g/mol. The number of pyridine rings is 1. The second-order valence-corrected chi connectivity index (χ2v) is 7.45. The van der Waals surface area contributed by atoms with Crippen molar-refractivity contribution in [3.05, 3.63) is 41.1 Å². The largest absolute Gasteiger partial charge is 0.452 e. The number of nitrogens with zero attached hydrogens (tertiary/aromatic N) is 2. The maximum Gasteiger partial charge on any atom is 0.339 e. The molecule has 0 aliphatic heterocycles. The number of amides is 2. The first-order chi connectivity index (χ1) is 13.5. The highest BCUT2D eigenvalue weighted by Gasteiger charge is 2.26. The Morgan fingerprint density at radius 2 is 2.00 bits per heavy atom. The van der Waals surface area contributed by atoms with E-state index in [1.165, 1.54) is 11.9 Å².